The van der Waals surface area contributed by atoms with Gasteiger partial charge in [0.25, 0.3) is 5.91 Å². The van der Waals surface area contributed by atoms with Gasteiger partial charge >= 0.3 is 6.03 Å². The predicted octanol–water partition coefficient (Wildman–Crippen LogP) is 5.42. The first-order valence-corrected chi connectivity index (χ1v) is 11.9. The molecule has 0 unspecified atom stereocenters. The van der Waals surface area contributed by atoms with Gasteiger partial charge in [0, 0.05) is 5.69 Å². The van der Waals surface area contributed by atoms with Crippen LogP contribution in [0.25, 0.3) is 6.08 Å². The number of methoxy groups -OCH3 is 1. The smallest absolute Gasteiger partial charge is 0.329 e. The molecule has 0 saturated carbocycles. The molecule has 1 fully saturated rings. The quantitative estimate of drug-likeness (QED) is 0.294. The predicted molar refractivity (Wildman–Crippen MR) is 142 cm³/mol. The number of nitrogens with zero attached hydrogens (tertiary/aromatic N) is 1. The maximum atomic E-state index is 12.8. The third kappa shape index (κ3) is 6.41. The van der Waals surface area contributed by atoms with Crippen LogP contribution in [-0.2, 0) is 16.2 Å². The number of aryl methyl sites for hydroxylation is 1. The van der Waals surface area contributed by atoms with E-state index in [4.69, 9.17) is 32.7 Å². The van der Waals surface area contributed by atoms with Crippen molar-refractivity contribution in [2.24, 2.45) is 0 Å². The number of anilines is 1. The van der Waals surface area contributed by atoms with E-state index in [1.807, 2.05) is 13.0 Å². The summed E-state index contributed by atoms with van der Waals surface area (Å²) in [6, 6.07) is 16.8. The molecule has 0 spiro atoms. The second-order valence-corrected chi connectivity index (χ2v) is 9.06. The molecule has 190 valence electrons. The van der Waals surface area contributed by atoms with E-state index in [-0.39, 0.29) is 12.3 Å². The molecule has 37 heavy (non-hydrogen) atoms. The van der Waals surface area contributed by atoms with Gasteiger partial charge in [-0.1, -0.05) is 47.5 Å². The molecule has 1 aliphatic heterocycles. The summed E-state index contributed by atoms with van der Waals surface area (Å²) in [5.41, 5.74) is 3.02. The van der Waals surface area contributed by atoms with Crippen LogP contribution in [0.5, 0.6) is 11.5 Å². The van der Waals surface area contributed by atoms with Crippen LogP contribution in [0, 0.1) is 6.92 Å². The lowest BCUT2D eigenvalue weighted by molar-refractivity contribution is -0.127. The number of hydrogen-bond acceptors (Lipinski definition) is 5. The minimum absolute atomic E-state index is 0.0416. The molecule has 4 rings (SSSR count). The van der Waals surface area contributed by atoms with E-state index in [2.05, 4.69) is 10.6 Å². The number of urea groups is 1. The fourth-order valence-electron chi connectivity index (χ4n) is 3.63. The lowest BCUT2D eigenvalue weighted by Crippen LogP contribution is -2.38. The van der Waals surface area contributed by atoms with E-state index in [1.54, 1.807) is 54.6 Å². The molecule has 1 aliphatic rings. The van der Waals surface area contributed by atoms with Gasteiger partial charge in [0.2, 0.25) is 5.91 Å². The maximum absolute atomic E-state index is 12.8. The highest BCUT2D eigenvalue weighted by molar-refractivity contribution is 6.42. The Morgan fingerprint density at radius 2 is 1.84 bits per heavy atom. The third-order valence-electron chi connectivity index (χ3n) is 5.44. The van der Waals surface area contributed by atoms with Gasteiger partial charge in [0.1, 0.15) is 18.8 Å². The van der Waals surface area contributed by atoms with Crippen LogP contribution in [0.4, 0.5) is 10.5 Å². The Labute approximate surface area is 223 Å². The van der Waals surface area contributed by atoms with Crippen LogP contribution in [0.3, 0.4) is 0 Å². The molecule has 0 aliphatic carbocycles. The minimum atomic E-state index is -0.677. The van der Waals surface area contributed by atoms with E-state index in [0.717, 1.165) is 16.0 Å². The number of amides is 4. The second-order valence-electron chi connectivity index (χ2n) is 8.24. The Morgan fingerprint density at radius 3 is 2.57 bits per heavy atom. The molecule has 0 radical (unpaired) electrons. The highest BCUT2D eigenvalue weighted by Gasteiger charge is 2.35. The number of ether oxygens (including phenoxy) is 2. The number of carbonyl (C=O) groups is 3. The molecule has 0 bridgehead atoms. The highest BCUT2D eigenvalue weighted by Crippen LogP contribution is 2.31. The Balaban J connectivity index is 1.43. The Morgan fingerprint density at radius 1 is 1.03 bits per heavy atom. The van der Waals surface area contributed by atoms with Crippen molar-refractivity contribution >= 4 is 52.8 Å². The molecule has 10 heteroatoms. The van der Waals surface area contributed by atoms with Crippen LogP contribution in [-0.4, -0.2) is 36.4 Å². The number of halogens is 2. The van der Waals surface area contributed by atoms with Crippen molar-refractivity contribution in [1.29, 1.82) is 0 Å². The maximum Gasteiger partial charge on any atom is 0.329 e. The molecule has 3 aromatic rings. The third-order valence-corrected chi connectivity index (χ3v) is 6.18. The molecule has 2 N–H and O–H groups in total. The first kappa shape index (κ1) is 26.1. The van der Waals surface area contributed by atoms with E-state index in [1.165, 1.54) is 13.2 Å². The van der Waals surface area contributed by atoms with Gasteiger partial charge in [-0.05, 0) is 66.1 Å². The zero-order valence-electron chi connectivity index (χ0n) is 20.0. The summed E-state index contributed by atoms with van der Waals surface area (Å²) >= 11 is 12.0. The molecule has 4 amide bonds. The SMILES string of the molecule is COc1cc(/C=C2/NC(=O)N(CC(=O)Nc3cccc(C)c3)C2=O)ccc1OCc1ccc(Cl)c(Cl)c1. The molecular weight excluding hydrogens is 517 g/mol. The van der Waals surface area contributed by atoms with Crippen molar-refractivity contribution in [1.82, 2.24) is 10.2 Å². The zero-order valence-corrected chi connectivity index (χ0v) is 21.5. The van der Waals surface area contributed by atoms with Gasteiger partial charge in [-0.25, -0.2) is 9.69 Å². The number of imide groups is 1. The van der Waals surface area contributed by atoms with Gasteiger partial charge in [0.15, 0.2) is 11.5 Å². The summed E-state index contributed by atoms with van der Waals surface area (Å²) in [5.74, 6) is -0.184. The van der Waals surface area contributed by atoms with E-state index in [0.29, 0.717) is 32.8 Å². The monoisotopic (exact) mass is 539 g/mol. The molecule has 0 aromatic heterocycles. The topological polar surface area (TPSA) is 97.0 Å². The van der Waals surface area contributed by atoms with Crippen molar-refractivity contribution in [3.8, 4) is 11.5 Å². The number of carbonyl (C=O) groups excluding carboxylic acids is 3. The number of benzene rings is 3. The average Bonchev–Trinajstić information content (AvgIpc) is 3.12. The van der Waals surface area contributed by atoms with E-state index < -0.39 is 24.4 Å². The van der Waals surface area contributed by atoms with Crippen molar-refractivity contribution in [2.45, 2.75) is 13.5 Å². The van der Waals surface area contributed by atoms with Crippen molar-refractivity contribution in [3.05, 3.63) is 93.1 Å². The van der Waals surface area contributed by atoms with Crippen molar-refractivity contribution < 1.29 is 23.9 Å². The minimum Gasteiger partial charge on any atom is -0.493 e. The summed E-state index contributed by atoms with van der Waals surface area (Å²) in [6.45, 7) is 1.72. The van der Waals surface area contributed by atoms with E-state index >= 15 is 0 Å². The summed E-state index contributed by atoms with van der Waals surface area (Å²) in [7, 11) is 1.50. The first-order valence-electron chi connectivity index (χ1n) is 11.2. The van der Waals surface area contributed by atoms with E-state index in [9.17, 15) is 14.4 Å². The summed E-state index contributed by atoms with van der Waals surface area (Å²) in [5, 5.41) is 6.09. The molecule has 1 heterocycles. The second kappa shape index (κ2) is 11.4. The number of hydrogen-bond donors (Lipinski definition) is 2. The van der Waals surface area contributed by atoms with Gasteiger partial charge in [-0.2, -0.15) is 0 Å². The Kier molecular flexibility index (Phi) is 8.01. The molecular formula is C27H23Cl2N3O5. The largest absolute Gasteiger partial charge is 0.493 e. The number of nitrogens with one attached hydrogen (secondary N) is 2. The standard InChI is InChI=1S/C27H23Cl2N3O5/c1-16-4-3-5-19(10-16)30-25(33)14-32-26(34)22(31-27(32)35)12-17-7-9-23(24(13-17)36-2)37-15-18-6-8-20(28)21(29)11-18/h3-13H,14-15H2,1-2H3,(H,30,33)(H,31,35)/b22-12+. The van der Waals surface area contributed by atoms with Crippen LogP contribution in [0.2, 0.25) is 10.0 Å². The Bertz CT molecular complexity index is 1410. The highest BCUT2D eigenvalue weighted by atomic mass is 35.5. The summed E-state index contributed by atoms with van der Waals surface area (Å²) in [6.07, 6.45) is 1.50. The summed E-state index contributed by atoms with van der Waals surface area (Å²) in [4.78, 5) is 38.5. The van der Waals surface area contributed by atoms with Crippen LogP contribution >= 0.6 is 23.2 Å². The lowest BCUT2D eigenvalue weighted by Gasteiger charge is -2.12. The lowest BCUT2D eigenvalue weighted by atomic mass is 10.1. The summed E-state index contributed by atoms with van der Waals surface area (Å²) < 4.78 is 11.3. The van der Waals surface area contributed by atoms with Gasteiger partial charge in [-0.15, -0.1) is 0 Å². The normalized spacial score (nSPS) is 14.1. The van der Waals surface area contributed by atoms with Gasteiger partial charge in [0.05, 0.1) is 17.2 Å². The fourth-order valence-corrected chi connectivity index (χ4v) is 3.95. The number of rotatable bonds is 8. The average molecular weight is 540 g/mol. The van der Waals surface area contributed by atoms with Gasteiger partial charge in [-0.3, -0.25) is 9.59 Å². The van der Waals surface area contributed by atoms with Gasteiger partial charge < -0.3 is 20.1 Å². The van der Waals surface area contributed by atoms with Crippen molar-refractivity contribution in [3.63, 3.8) is 0 Å². The molecule has 1 saturated heterocycles. The fraction of sp³-hybridized carbons (Fsp3) is 0.148. The van der Waals surface area contributed by atoms with Crippen molar-refractivity contribution in [2.75, 3.05) is 19.0 Å². The molecule has 3 aromatic carbocycles. The van der Waals surface area contributed by atoms with Crippen LogP contribution in [0.1, 0.15) is 16.7 Å². The zero-order chi connectivity index (χ0) is 26.5. The molecule has 0 atom stereocenters. The van der Waals surface area contributed by atoms with Crippen LogP contribution in [0.15, 0.2) is 66.4 Å². The first-order chi connectivity index (χ1) is 17.7. The Hall–Kier alpha value is -4.01. The van der Waals surface area contributed by atoms with Crippen LogP contribution < -0.4 is 20.1 Å². The molecule has 8 nitrogen and oxygen atoms in total.